The smallest absolute Gasteiger partial charge is 0.387 e. The number of hydrogen-bond acceptors (Lipinski definition) is 4. The molecule has 0 bridgehead atoms. The number of amides is 1. The summed E-state index contributed by atoms with van der Waals surface area (Å²) in [6.45, 7) is 0.649. The quantitative estimate of drug-likeness (QED) is 0.716. The number of hydrogen-bond donors (Lipinski definition) is 2. The van der Waals surface area contributed by atoms with Gasteiger partial charge in [-0.3, -0.25) is 4.79 Å². The second-order valence-corrected chi connectivity index (χ2v) is 7.72. The van der Waals surface area contributed by atoms with Crippen molar-refractivity contribution in [2.45, 2.75) is 37.9 Å². The Labute approximate surface area is 156 Å². The molecule has 0 saturated heterocycles. The maximum atomic E-state index is 12.3. The highest BCUT2D eigenvalue weighted by Crippen LogP contribution is 2.15. The Balaban J connectivity index is 2.03. The minimum Gasteiger partial charge on any atom is -0.435 e. The van der Waals surface area contributed by atoms with Crippen molar-refractivity contribution in [3.05, 3.63) is 59.7 Å². The zero-order valence-corrected chi connectivity index (χ0v) is 15.6. The summed E-state index contributed by atoms with van der Waals surface area (Å²) < 4.78 is 55.3. The minimum absolute atomic E-state index is 0.00245. The van der Waals surface area contributed by atoms with Crippen molar-refractivity contribution < 1.29 is 26.7 Å². The number of sulfonamides is 1. The van der Waals surface area contributed by atoms with Crippen LogP contribution in [0.4, 0.5) is 8.78 Å². The van der Waals surface area contributed by atoms with E-state index in [2.05, 4.69) is 14.8 Å². The lowest BCUT2D eigenvalue weighted by Gasteiger charge is -2.11. The molecule has 0 aromatic heterocycles. The molecule has 0 aliphatic rings. The van der Waals surface area contributed by atoms with E-state index in [1.165, 1.54) is 36.4 Å². The molecule has 146 valence electrons. The summed E-state index contributed by atoms with van der Waals surface area (Å²) in [5, 5.41) is 2.65. The lowest BCUT2D eigenvalue weighted by Crippen LogP contribution is -2.30. The summed E-state index contributed by atoms with van der Waals surface area (Å²) in [7, 11) is -3.70. The predicted octanol–water partition coefficient (Wildman–Crippen LogP) is 2.90. The number of nitrogens with one attached hydrogen (secondary N) is 2. The predicted molar refractivity (Wildman–Crippen MR) is 96.1 cm³/mol. The summed E-state index contributed by atoms with van der Waals surface area (Å²) in [5.74, 6) is -0.430. The fourth-order valence-corrected chi connectivity index (χ4v) is 3.55. The molecule has 0 unspecified atom stereocenters. The van der Waals surface area contributed by atoms with Crippen LogP contribution in [-0.2, 0) is 16.6 Å². The van der Waals surface area contributed by atoms with Gasteiger partial charge in [0.05, 0.1) is 4.90 Å². The van der Waals surface area contributed by atoms with Gasteiger partial charge < -0.3 is 10.1 Å². The Morgan fingerprint density at radius 1 is 1.11 bits per heavy atom. The molecule has 0 spiro atoms. The van der Waals surface area contributed by atoms with Crippen molar-refractivity contribution in [1.82, 2.24) is 10.0 Å². The molecule has 27 heavy (non-hydrogen) atoms. The van der Waals surface area contributed by atoms with Gasteiger partial charge in [-0.2, -0.15) is 8.78 Å². The van der Waals surface area contributed by atoms with E-state index in [1.807, 2.05) is 0 Å². The molecule has 0 aliphatic heterocycles. The van der Waals surface area contributed by atoms with Crippen LogP contribution in [0, 0.1) is 0 Å². The first kappa shape index (κ1) is 20.8. The third-order valence-corrected chi connectivity index (χ3v) is 5.06. The van der Waals surface area contributed by atoms with Crippen LogP contribution in [0.5, 0.6) is 5.75 Å². The first-order valence-electron chi connectivity index (χ1n) is 8.12. The summed E-state index contributed by atoms with van der Waals surface area (Å²) in [5.41, 5.74) is 0.870. The number of halogens is 2. The van der Waals surface area contributed by atoms with Gasteiger partial charge in [-0.25, -0.2) is 13.1 Å². The van der Waals surface area contributed by atoms with Gasteiger partial charge in [0.2, 0.25) is 10.0 Å². The topological polar surface area (TPSA) is 84.5 Å². The second kappa shape index (κ2) is 8.92. The van der Waals surface area contributed by atoms with Crippen LogP contribution >= 0.6 is 0 Å². The summed E-state index contributed by atoms with van der Waals surface area (Å²) in [6, 6.07) is 11.3. The van der Waals surface area contributed by atoms with Crippen molar-refractivity contribution in [1.29, 1.82) is 0 Å². The monoisotopic (exact) mass is 398 g/mol. The van der Waals surface area contributed by atoms with E-state index in [-0.39, 0.29) is 28.8 Å². The molecule has 2 aromatic rings. The molecule has 9 heteroatoms. The van der Waals surface area contributed by atoms with Gasteiger partial charge in [0.15, 0.2) is 0 Å². The first-order chi connectivity index (χ1) is 12.7. The first-order valence-corrected chi connectivity index (χ1v) is 9.60. The van der Waals surface area contributed by atoms with E-state index in [1.54, 1.807) is 26.0 Å². The largest absolute Gasteiger partial charge is 0.435 e. The average molecular weight is 398 g/mol. The standard InChI is InChI=1S/C18H20F2N2O4S/c1-12(2)22-27(24,25)16-5-3-4-14(10-16)17(23)21-11-13-6-8-15(9-7-13)26-18(19)20/h3-10,12,18,22H,11H2,1-2H3,(H,21,23). The van der Waals surface area contributed by atoms with Crippen LogP contribution in [0.3, 0.4) is 0 Å². The third-order valence-electron chi connectivity index (χ3n) is 3.40. The summed E-state index contributed by atoms with van der Waals surface area (Å²) in [4.78, 5) is 12.3. The van der Waals surface area contributed by atoms with Crippen LogP contribution in [0.2, 0.25) is 0 Å². The number of rotatable bonds is 8. The molecule has 2 aromatic carbocycles. The van der Waals surface area contributed by atoms with E-state index in [0.717, 1.165) is 0 Å². The normalized spacial score (nSPS) is 11.6. The molecule has 1 amide bonds. The number of benzene rings is 2. The van der Waals surface area contributed by atoms with Gasteiger partial charge in [0.1, 0.15) is 5.75 Å². The van der Waals surface area contributed by atoms with Gasteiger partial charge in [-0.05, 0) is 49.7 Å². The van der Waals surface area contributed by atoms with Gasteiger partial charge in [-0.1, -0.05) is 18.2 Å². The molecule has 6 nitrogen and oxygen atoms in total. The lowest BCUT2D eigenvalue weighted by atomic mass is 10.2. The number of carbonyl (C=O) groups excluding carboxylic acids is 1. The highest BCUT2D eigenvalue weighted by Gasteiger charge is 2.17. The Bertz CT molecular complexity index is 884. The van der Waals surface area contributed by atoms with Crippen LogP contribution in [0.15, 0.2) is 53.4 Å². The van der Waals surface area contributed by atoms with E-state index in [4.69, 9.17) is 0 Å². The van der Waals surface area contributed by atoms with E-state index < -0.39 is 22.5 Å². The van der Waals surface area contributed by atoms with E-state index >= 15 is 0 Å². The van der Waals surface area contributed by atoms with Crippen molar-refractivity contribution in [2.75, 3.05) is 0 Å². The SMILES string of the molecule is CC(C)NS(=O)(=O)c1cccc(C(=O)NCc2ccc(OC(F)F)cc2)c1. The highest BCUT2D eigenvalue weighted by atomic mass is 32.2. The number of ether oxygens (including phenoxy) is 1. The van der Waals surface area contributed by atoms with Crippen molar-refractivity contribution in [2.24, 2.45) is 0 Å². The average Bonchev–Trinajstić information content (AvgIpc) is 2.59. The third kappa shape index (κ3) is 6.30. The second-order valence-electron chi connectivity index (χ2n) is 6.01. The number of alkyl halides is 2. The van der Waals surface area contributed by atoms with Crippen LogP contribution < -0.4 is 14.8 Å². The van der Waals surface area contributed by atoms with Crippen molar-refractivity contribution in [3.8, 4) is 5.75 Å². The Hall–Kier alpha value is -2.52. The van der Waals surface area contributed by atoms with Crippen molar-refractivity contribution >= 4 is 15.9 Å². The molecule has 0 heterocycles. The van der Waals surface area contributed by atoms with E-state index in [9.17, 15) is 22.0 Å². The molecule has 0 radical (unpaired) electrons. The van der Waals surface area contributed by atoms with Crippen LogP contribution in [0.25, 0.3) is 0 Å². The molecule has 2 rings (SSSR count). The summed E-state index contributed by atoms with van der Waals surface area (Å²) in [6.07, 6.45) is 0. The molecule has 0 atom stereocenters. The fourth-order valence-electron chi connectivity index (χ4n) is 2.26. The Morgan fingerprint density at radius 2 is 1.78 bits per heavy atom. The minimum atomic E-state index is -3.70. The number of carbonyl (C=O) groups is 1. The molecular weight excluding hydrogens is 378 g/mol. The van der Waals surface area contributed by atoms with Crippen molar-refractivity contribution in [3.63, 3.8) is 0 Å². The zero-order chi connectivity index (χ0) is 20.0. The highest BCUT2D eigenvalue weighted by molar-refractivity contribution is 7.89. The fraction of sp³-hybridized carbons (Fsp3) is 0.278. The summed E-state index contributed by atoms with van der Waals surface area (Å²) >= 11 is 0. The maximum absolute atomic E-state index is 12.3. The van der Waals surface area contributed by atoms with Gasteiger partial charge in [0.25, 0.3) is 5.91 Å². The Morgan fingerprint density at radius 3 is 2.37 bits per heavy atom. The maximum Gasteiger partial charge on any atom is 0.387 e. The Kier molecular flexibility index (Phi) is 6.86. The van der Waals surface area contributed by atoms with Crippen LogP contribution in [-0.4, -0.2) is 27.0 Å². The van der Waals surface area contributed by atoms with Gasteiger partial charge in [-0.15, -0.1) is 0 Å². The molecule has 0 saturated carbocycles. The van der Waals surface area contributed by atoms with Crippen LogP contribution in [0.1, 0.15) is 29.8 Å². The molecule has 0 aliphatic carbocycles. The van der Waals surface area contributed by atoms with Gasteiger partial charge >= 0.3 is 6.61 Å². The van der Waals surface area contributed by atoms with Gasteiger partial charge in [0, 0.05) is 18.2 Å². The lowest BCUT2D eigenvalue weighted by molar-refractivity contribution is -0.0498. The van der Waals surface area contributed by atoms with E-state index in [0.29, 0.717) is 5.56 Å². The molecule has 2 N–H and O–H groups in total. The zero-order valence-electron chi connectivity index (χ0n) is 14.8. The molecular formula is C18H20F2N2O4S. The molecule has 0 fully saturated rings.